The highest BCUT2D eigenvalue weighted by Crippen LogP contribution is 2.21. The molecule has 0 radical (unpaired) electrons. The minimum atomic E-state index is -3.20. The molecule has 3 amide bonds. The number of hydrogen-bond donors (Lipinski definition) is 4. The van der Waals surface area contributed by atoms with Crippen molar-refractivity contribution in [1.29, 1.82) is 0 Å². The number of nitrogens with one attached hydrogen (secondary N) is 3. The van der Waals surface area contributed by atoms with Crippen molar-refractivity contribution in [3.63, 3.8) is 0 Å². The van der Waals surface area contributed by atoms with Gasteiger partial charge >= 0.3 is 6.03 Å². The summed E-state index contributed by atoms with van der Waals surface area (Å²) in [7, 11) is 0. The zero-order valence-electron chi connectivity index (χ0n) is 14.1. The van der Waals surface area contributed by atoms with Gasteiger partial charge in [0.2, 0.25) is 0 Å². The summed E-state index contributed by atoms with van der Waals surface area (Å²) in [5.41, 5.74) is 4.74. The van der Waals surface area contributed by atoms with Crippen molar-refractivity contribution in [1.82, 2.24) is 10.6 Å². The summed E-state index contributed by atoms with van der Waals surface area (Å²) in [6.07, 6.45) is 0. The van der Waals surface area contributed by atoms with E-state index < -0.39 is 36.5 Å². The minimum Gasteiger partial charge on any atom is -0.346 e. The van der Waals surface area contributed by atoms with Gasteiger partial charge in [-0.3, -0.25) is 4.79 Å². The van der Waals surface area contributed by atoms with E-state index in [4.69, 9.17) is 17.3 Å². The Labute approximate surface area is 156 Å². The van der Waals surface area contributed by atoms with Crippen LogP contribution in [0.4, 0.5) is 19.3 Å². The first-order valence-electron chi connectivity index (χ1n) is 7.18. The Morgan fingerprint density at radius 3 is 2.36 bits per heavy atom. The van der Waals surface area contributed by atoms with Gasteiger partial charge in [-0.05, 0) is 39.0 Å². The average molecular weight is 399 g/mol. The smallest absolute Gasteiger partial charge is 0.319 e. The summed E-state index contributed by atoms with van der Waals surface area (Å²) in [6, 6.07) is 3.73. The monoisotopic (exact) mass is 398 g/mol. The molecule has 142 valence electrons. The standard InChI is InChI=1S/C15H21ClF2N4O2.ClH/c1-14(2,3)22-13(24)21-9-4-5-11(16)10(6-9)12(23)20-8-15(17,18)7-19;/h4-6H,7-8,19H2,1-3H3,(H,20,23)(H2,21,22,24);1H. The number of amides is 3. The molecule has 0 atom stereocenters. The normalized spacial score (nSPS) is 11.3. The molecule has 0 unspecified atom stereocenters. The first-order chi connectivity index (χ1) is 10.9. The zero-order chi connectivity index (χ0) is 18.5. The largest absolute Gasteiger partial charge is 0.346 e. The molecule has 0 fully saturated rings. The second-order valence-corrected chi connectivity index (χ2v) is 6.67. The third kappa shape index (κ3) is 8.33. The number of rotatable bonds is 5. The maximum Gasteiger partial charge on any atom is 0.319 e. The molecule has 1 rings (SSSR count). The molecule has 1 aromatic carbocycles. The summed E-state index contributed by atoms with van der Waals surface area (Å²) in [6.45, 7) is 3.65. The van der Waals surface area contributed by atoms with E-state index in [-0.39, 0.29) is 23.0 Å². The molecule has 1 aromatic rings. The molecular weight excluding hydrogens is 377 g/mol. The maximum absolute atomic E-state index is 13.1. The van der Waals surface area contributed by atoms with Gasteiger partial charge in [0.15, 0.2) is 0 Å². The van der Waals surface area contributed by atoms with Crippen LogP contribution in [0.2, 0.25) is 5.02 Å². The lowest BCUT2D eigenvalue weighted by Gasteiger charge is -2.21. The van der Waals surface area contributed by atoms with Crippen LogP contribution in [-0.2, 0) is 0 Å². The van der Waals surface area contributed by atoms with E-state index >= 15 is 0 Å². The molecule has 0 spiro atoms. The molecule has 0 saturated carbocycles. The number of carbonyl (C=O) groups is 2. The number of anilines is 1. The summed E-state index contributed by atoms with van der Waals surface area (Å²) < 4.78 is 26.2. The van der Waals surface area contributed by atoms with Crippen molar-refractivity contribution < 1.29 is 18.4 Å². The van der Waals surface area contributed by atoms with Gasteiger partial charge in [0.1, 0.15) is 0 Å². The lowest BCUT2D eigenvalue weighted by Crippen LogP contribution is -2.43. The van der Waals surface area contributed by atoms with E-state index in [0.29, 0.717) is 5.69 Å². The molecule has 0 heterocycles. The molecule has 0 saturated heterocycles. The predicted octanol–water partition coefficient (Wildman–Crippen LogP) is 3.01. The molecule has 6 nitrogen and oxygen atoms in total. The summed E-state index contributed by atoms with van der Waals surface area (Å²) in [4.78, 5) is 23.8. The number of urea groups is 1. The fraction of sp³-hybridized carbons (Fsp3) is 0.467. The number of benzene rings is 1. The highest BCUT2D eigenvalue weighted by Gasteiger charge is 2.27. The number of halogens is 4. The van der Waals surface area contributed by atoms with Gasteiger partial charge in [0.25, 0.3) is 11.8 Å². The Kier molecular flexibility index (Phi) is 8.57. The molecule has 10 heteroatoms. The Bertz CT molecular complexity index is 622. The minimum absolute atomic E-state index is 0. The van der Waals surface area contributed by atoms with Crippen molar-refractivity contribution in [2.75, 3.05) is 18.4 Å². The topological polar surface area (TPSA) is 96.2 Å². The summed E-state index contributed by atoms with van der Waals surface area (Å²) in [5, 5.41) is 7.38. The van der Waals surface area contributed by atoms with Gasteiger partial charge in [-0.2, -0.15) is 0 Å². The molecule has 0 aliphatic carbocycles. The van der Waals surface area contributed by atoms with E-state index in [9.17, 15) is 18.4 Å². The first-order valence-corrected chi connectivity index (χ1v) is 7.56. The van der Waals surface area contributed by atoms with Crippen LogP contribution in [0.5, 0.6) is 0 Å². The average Bonchev–Trinajstić information content (AvgIpc) is 2.45. The van der Waals surface area contributed by atoms with E-state index in [0.717, 1.165) is 0 Å². The number of carbonyl (C=O) groups excluding carboxylic acids is 2. The molecule has 0 aromatic heterocycles. The van der Waals surface area contributed by atoms with E-state index in [2.05, 4.69) is 16.0 Å². The summed E-state index contributed by atoms with van der Waals surface area (Å²) >= 11 is 5.92. The van der Waals surface area contributed by atoms with Crippen LogP contribution in [0.1, 0.15) is 31.1 Å². The number of nitrogens with two attached hydrogens (primary N) is 1. The second kappa shape index (κ2) is 9.17. The first kappa shape index (κ1) is 23.4. The zero-order valence-corrected chi connectivity index (χ0v) is 15.7. The summed E-state index contributed by atoms with van der Waals surface area (Å²) in [5.74, 6) is -3.99. The van der Waals surface area contributed by atoms with Crippen LogP contribution in [-0.4, -0.2) is 36.5 Å². The van der Waals surface area contributed by atoms with Gasteiger partial charge in [0, 0.05) is 11.2 Å². The van der Waals surface area contributed by atoms with Crippen molar-refractivity contribution >= 4 is 41.6 Å². The molecule has 0 aliphatic heterocycles. The van der Waals surface area contributed by atoms with Crippen LogP contribution < -0.4 is 21.7 Å². The lowest BCUT2D eigenvalue weighted by atomic mass is 10.1. The fourth-order valence-corrected chi connectivity index (χ4v) is 1.86. The maximum atomic E-state index is 13.1. The highest BCUT2D eigenvalue weighted by atomic mass is 35.5. The van der Waals surface area contributed by atoms with Crippen LogP contribution in [0.3, 0.4) is 0 Å². The van der Waals surface area contributed by atoms with Gasteiger partial charge in [-0.1, -0.05) is 11.6 Å². The highest BCUT2D eigenvalue weighted by molar-refractivity contribution is 6.34. The molecule has 0 aliphatic rings. The van der Waals surface area contributed by atoms with Crippen LogP contribution in [0.15, 0.2) is 18.2 Å². The number of hydrogen-bond acceptors (Lipinski definition) is 3. The van der Waals surface area contributed by atoms with Crippen molar-refractivity contribution in [3.8, 4) is 0 Å². The van der Waals surface area contributed by atoms with Gasteiger partial charge in [-0.25, -0.2) is 13.6 Å². The van der Waals surface area contributed by atoms with Gasteiger partial charge in [-0.15, -0.1) is 12.4 Å². The quantitative estimate of drug-likeness (QED) is 0.613. The Morgan fingerprint density at radius 2 is 1.84 bits per heavy atom. The van der Waals surface area contributed by atoms with Crippen LogP contribution in [0, 0.1) is 0 Å². The molecule has 5 N–H and O–H groups in total. The van der Waals surface area contributed by atoms with E-state index in [1.807, 2.05) is 20.8 Å². The van der Waals surface area contributed by atoms with Gasteiger partial charge < -0.3 is 21.7 Å². The van der Waals surface area contributed by atoms with E-state index in [1.54, 1.807) is 0 Å². The third-order valence-electron chi connectivity index (χ3n) is 2.76. The van der Waals surface area contributed by atoms with Crippen molar-refractivity contribution in [3.05, 3.63) is 28.8 Å². The predicted molar refractivity (Wildman–Crippen MR) is 96.9 cm³/mol. The van der Waals surface area contributed by atoms with E-state index in [1.165, 1.54) is 18.2 Å². The fourth-order valence-electron chi connectivity index (χ4n) is 1.66. The van der Waals surface area contributed by atoms with Crippen LogP contribution in [0.25, 0.3) is 0 Å². The SMILES string of the molecule is CC(C)(C)NC(=O)Nc1ccc(Cl)c(C(=O)NCC(F)(F)CN)c1.Cl. The molecule has 25 heavy (non-hydrogen) atoms. The Balaban J connectivity index is 0.00000576. The van der Waals surface area contributed by atoms with Crippen molar-refractivity contribution in [2.24, 2.45) is 5.73 Å². The second-order valence-electron chi connectivity index (χ2n) is 6.27. The Morgan fingerprint density at radius 1 is 1.24 bits per heavy atom. The Hall–Kier alpha value is -1.64. The molecular formula is C15H22Cl2F2N4O2. The van der Waals surface area contributed by atoms with Crippen molar-refractivity contribution in [2.45, 2.75) is 32.2 Å². The third-order valence-corrected chi connectivity index (χ3v) is 3.09. The van der Waals surface area contributed by atoms with Gasteiger partial charge in [0.05, 0.1) is 23.7 Å². The van der Waals surface area contributed by atoms with Crippen LogP contribution >= 0.6 is 24.0 Å². The number of alkyl halides is 2. The molecule has 0 bridgehead atoms. The lowest BCUT2D eigenvalue weighted by molar-refractivity contribution is 0.0118.